The van der Waals surface area contributed by atoms with Gasteiger partial charge in [0.15, 0.2) is 11.6 Å². The van der Waals surface area contributed by atoms with Gasteiger partial charge in [0.25, 0.3) is 0 Å². The van der Waals surface area contributed by atoms with E-state index in [0.717, 1.165) is 49.3 Å². The second-order valence-electron chi connectivity index (χ2n) is 11.5. The van der Waals surface area contributed by atoms with E-state index in [-0.39, 0.29) is 11.6 Å². The third-order valence-corrected chi connectivity index (χ3v) is 9.26. The summed E-state index contributed by atoms with van der Waals surface area (Å²) in [6.07, 6.45) is 2.81. The second-order valence-corrected chi connectivity index (χ2v) is 12.4. The van der Waals surface area contributed by atoms with Crippen molar-refractivity contribution < 1.29 is 19.1 Å². The monoisotopic (exact) mass is 650 g/mol. The largest absolute Gasteiger partial charge is 0.444 e. The zero-order valence-corrected chi connectivity index (χ0v) is 26.1. The standard InChI is InChI=1S/C40H27BrO4/c1-2-9-26-22-32(42)30-19-15-25-17-21-34-38(35(25)37(30)39(26)43)36-31-23-29(41)18-14-24(31)16-20-33(36)44-40(45-34,27-10-5-3-6-11-27)28-12-7-4-8-13-28/h3-8,10-23H,2,9H2,1H3. The number of ketones is 2. The average Bonchev–Trinajstić information content (AvgIpc) is 3.23. The average molecular weight is 652 g/mol. The predicted octanol–water partition coefficient (Wildman–Crippen LogP) is 10.2. The molecule has 45 heavy (non-hydrogen) atoms. The van der Waals surface area contributed by atoms with Gasteiger partial charge in [-0.3, -0.25) is 9.59 Å². The summed E-state index contributed by atoms with van der Waals surface area (Å²) >= 11 is 3.69. The zero-order chi connectivity index (χ0) is 30.7. The molecule has 4 nitrogen and oxygen atoms in total. The molecule has 0 bridgehead atoms. The Labute approximate surface area is 269 Å². The minimum Gasteiger partial charge on any atom is -0.444 e. The third kappa shape index (κ3) is 4.26. The van der Waals surface area contributed by atoms with Gasteiger partial charge in [0.1, 0.15) is 11.5 Å². The highest BCUT2D eigenvalue weighted by atomic mass is 79.9. The number of hydrogen-bond acceptors (Lipinski definition) is 4. The van der Waals surface area contributed by atoms with E-state index < -0.39 is 5.79 Å². The van der Waals surface area contributed by atoms with E-state index in [2.05, 4.69) is 28.1 Å². The lowest BCUT2D eigenvalue weighted by Gasteiger charge is -2.34. The Hall–Kier alpha value is -5.00. The normalized spacial score (nSPS) is 14.9. The lowest BCUT2D eigenvalue weighted by Crippen LogP contribution is -2.40. The molecule has 5 heteroatoms. The van der Waals surface area contributed by atoms with Gasteiger partial charge in [0.05, 0.1) is 0 Å². The van der Waals surface area contributed by atoms with Crippen molar-refractivity contribution in [2.75, 3.05) is 0 Å². The molecule has 1 heterocycles. The van der Waals surface area contributed by atoms with Crippen LogP contribution in [0.4, 0.5) is 0 Å². The van der Waals surface area contributed by atoms with Crippen LogP contribution in [0.1, 0.15) is 51.6 Å². The number of fused-ring (bicyclic) bond motifs is 9. The fourth-order valence-corrected chi connectivity index (χ4v) is 7.11. The molecule has 0 aromatic heterocycles. The fraction of sp³-hybridized carbons (Fsp3) is 0.100. The number of allylic oxidation sites excluding steroid dienone is 2. The van der Waals surface area contributed by atoms with Gasteiger partial charge in [-0.25, -0.2) is 0 Å². The number of Topliss-reactive ketones (excluding diaryl/α,β-unsaturated/α-hetero) is 1. The lowest BCUT2D eigenvalue weighted by atomic mass is 9.81. The highest BCUT2D eigenvalue weighted by Gasteiger charge is 2.44. The van der Waals surface area contributed by atoms with Gasteiger partial charge in [-0.1, -0.05) is 114 Å². The Morgan fingerprint density at radius 2 is 1.27 bits per heavy atom. The molecule has 218 valence electrons. The first-order valence-corrected chi connectivity index (χ1v) is 15.9. The van der Waals surface area contributed by atoms with Crippen molar-refractivity contribution in [3.05, 3.63) is 154 Å². The minimum absolute atomic E-state index is 0.115. The van der Waals surface area contributed by atoms with E-state index in [1.807, 2.05) is 104 Å². The molecule has 0 atom stereocenters. The van der Waals surface area contributed by atoms with Gasteiger partial charge in [-0.2, -0.15) is 0 Å². The second kappa shape index (κ2) is 10.6. The zero-order valence-electron chi connectivity index (χ0n) is 24.5. The van der Waals surface area contributed by atoms with Crippen molar-refractivity contribution in [2.24, 2.45) is 0 Å². The van der Waals surface area contributed by atoms with Crippen molar-refractivity contribution in [2.45, 2.75) is 25.6 Å². The predicted molar refractivity (Wildman–Crippen MR) is 181 cm³/mol. The highest BCUT2D eigenvalue weighted by molar-refractivity contribution is 9.10. The number of rotatable bonds is 4. The Balaban J connectivity index is 1.55. The van der Waals surface area contributed by atoms with Gasteiger partial charge in [-0.15, -0.1) is 0 Å². The lowest BCUT2D eigenvalue weighted by molar-refractivity contribution is -0.0811. The third-order valence-electron chi connectivity index (χ3n) is 8.77. The summed E-state index contributed by atoms with van der Waals surface area (Å²) < 4.78 is 15.2. The van der Waals surface area contributed by atoms with Crippen LogP contribution in [0.25, 0.3) is 32.7 Å². The molecule has 0 saturated heterocycles. The van der Waals surface area contributed by atoms with Gasteiger partial charge >= 0.3 is 5.79 Å². The van der Waals surface area contributed by atoms with Gasteiger partial charge in [0, 0.05) is 48.8 Å². The summed E-state index contributed by atoms with van der Waals surface area (Å²) in [5.41, 5.74) is 4.55. The Kier molecular flexibility index (Phi) is 6.47. The Morgan fingerprint density at radius 3 is 1.93 bits per heavy atom. The Morgan fingerprint density at radius 1 is 0.667 bits per heavy atom. The quantitative estimate of drug-likeness (QED) is 0.190. The van der Waals surface area contributed by atoms with E-state index in [0.29, 0.717) is 40.0 Å². The van der Waals surface area contributed by atoms with Crippen LogP contribution in [-0.4, -0.2) is 11.6 Å². The summed E-state index contributed by atoms with van der Waals surface area (Å²) in [4.78, 5) is 27.7. The van der Waals surface area contributed by atoms with Gasteiger partial charge in [0.2, 0.25) is 0 Å². The number of halogens is 1. The smallest absolute Gasteiger partial charge is 0.305 e. The summed E-state index contributed by atoms with van der Waals surface area (Å²) in [6.45, 7) is 2.02. The number of benzene rings is 6. The van der Waals surface area contributed by atoms with E-state index in [4.69, 9.17) is 9.47 Å². The van der Waals surface area contributed by atoms with E-state index in [1.54, 1.807) is 6.07 Å². The summed E-state index contributed by atoms with van der Waals surface area (Å²) in [5.74, 6) is -0.450. The maximum absolute atomic E-state index is 14.2. The van der Waals surface area contributed by atoms with E-state index in [9.17, 15) is 9.59 Å². The number of hydrogen-bond donors (Lipinski definition) is 0. The molecular formula is C40H27BrO4. The summed E-state index contributed by atoms with van der Waals surface area (Å²) in [7, 11) is 0. The first-order valence-electron chi connectivity index (χ1n) is 15.1. The van der Waals surface area contributed by atoms with E-state index >= 15 is 0 Å². The molecule has 0 amide bonds. The van der Waals surface area contributed by atoms with Crippen molar-refractivity contribution in [1.82, 2.24) is 0 Å². The van der Waals surface area contributed by atoms with Crippen LogP contribution < -0.4 is 9.47 Å². The SMILES string of the molecule is CCCC1=CC(=O)c2ccc3ccc4c(c3c2C1=O)-c1c(ccc2ccc(Br)cc12)OC(c1ccccc1)(c1ccccc1)O4. The molecule has 8 rings (SSSR count). The first kappa shape index (κ1) is 27.5. The number of carbonyl (C=O) groups is 2. The maximum Gasteiger partial charge on any atom is 0.305 e. The van der Waals surface area contributed by atoms with Crippen LogP contribution in [0, 0.1) is 0 Å². The molecule has 0 radical (unpaired) electrons. The van der Waals surface area contributed by atoms with Crippen molar-refractivity contribution in [3.63, 3.8) is 0 Å². The summed E-state index contributed by atoms with van der Waals surface area (Å²) in [5, 5.41) is 3.49. The van der Waals surface area contributed by atoms with Crippen LogP contribution in [-0.2, 0) is 5.79 Å². The molecule has 1 aliphatic carbocycles. The van der Waals surface area contributed by atoms with Crippen LogP contribution in [0.15, 0.2) is 131 Å². The molecular weight excluding hydrogens is 624 g/mol. The van der Waals surface area contributed by atoms with Crippen LogP contribution in [0.5, 0.6) is 11.5 Å². The molecule has 0 saturated carbocycles. The molecule has 1 aliphatic heterocycles. The fourth-order valence-electron chi connectivity index (χ4n) is 6.75. The highest BCUT2D eigenvalue weighted by Crippen LogP contribution is 2.54. The maximum atomic E-state index is 14.2. The molecule has 0 fully saturated rings. The van der Waals surface area contributed by atoms with Crippen LogP contribution in [0.2, 0.25) is 0 Å². The first-order chi connectivity index (χ1) is 22.0. The van der Waals surface area contributed by atoms with Gasteiger partial charge in [-0.05, 0) is 59.0 Å². The summed E-state index contributed by atoms with van der Waals surface area (Å²) in [6, 6.07) is 37.6. The number of carbonyl (C=O) groups excluding carboxylic acids is 2. The molecule has 0 N–H and O–H groups in total. The molecule has 0 spiro atoms. The van der Waals surface area contributed by atoms with E-state index in [1.165, 1.54) is 6.08 Å². The van der Waals surface area contributed by atoms with Crippen molar-refractivity contribution in [1.29, 1.82) is 0 Å². The van der Waals surface area contributed by atoms with Crippen molar-refractivity contribution in [3.8, 4) is 22.6 Å². The molecule has 6 aromatic rings. The van der Waals surface area contributed by atoms with Crippen molar-refractivity contribution >= 4 is 49.0 Å². The molecule has 2 aliphatic rings. The van der Waals surface area contributed by atoms with Gasteiger partial charge < -0.3 is 9.47 Å². The topological polar surface area (TPSA) is 52.6 Å². The number of ether oxygens (including phenoxy) is 2. The van der Waals surface area contributed by atoms with Crippen LogP contribution >= 0.6 is 15.9 Å². The minimum atomic E-state index is -1.35. The van der Waals surface area contributed by atoms with Crippen LogP contribution in [0.3, 0.4) is 0 Å². The molecule has 6 aromatic carbocycles. The molecule has 0 unspecified atom stereocenters. The Bertz CT molecular complexity index is 2180.